The van der Waals surface area contributed by atoms with E-state index in [1.807, 2.05) is 6.20 Å². The number of carbonyl (C=O) groups excluding carboxylic acids is 1. The summed E-state index contributed by atoms with van der Waals surface area (Å²) in [5.41, 5.74) is 1.15. The quantitative estimate of drug-likeness (QED) is 0.760. The number of rotatable bonds is 6. The van der Waals surface area contributed by atoms with E-state index in [0.717, 1.165) is 9.87 Å². The highest BCUT2D eigenvalue weighted by atomic mass is 32.2. The van der Waals surface area contributed by atoms with Crippen LogP contribution in [0.1, 0.15) is 15.9 Å². The molecular weight excluding hydrogens is 344 g/mol. The number of carbonyl (C=O) groups is 1. The standard InChI is InChI=1S/C16H22N4O4S/c1-18(2)25(22,23)15-8-13(6-7-14(15)24-5)16(21)19(3)10-12-9-17-20(4)11-12/h6-9,11H,10H2,1-5H3. The monoisotopic (exact) mass is 366 g/mol. The smallest absolute Gasteiger partial charge is 0.253 e. The topological polar surface area (TPSA) is 84.7 Å². The van der Waals surface area contributed by atoms with Gasteiger partial charge in [0.05, 0.1) is 13.3 Å². The second-order valence-corrected chi connectivity index (χ2v) is 7.96. The lowest BCUT2D eigenvalue weighted by molar-refractivity contribution is 0.0784. The molecule has 0 atom stereocenters. The zero-order chi connectivity index (χ0) is 18.8. The van der Waals surface area contributed by atoms with E-state index in [2.05, 4.69) is 5.10 Å². The number of aryl methyl sites for hydroxylation is 1. The highest BCUT2D eigenvalue weighted by Crippen LogP contribution is 2.27. The zero-order valence-electron chi connectivity index (χ0n) is 14.9. The average Bonchev–Trinajstić information content (AvgIpc) is 2.98. The van der Waals surface area contributed by atoms with E-state index in [0.29, 0.717) is 6.54 Å². The molecule has 0 unspecified atom stereocenters. The molecule has 2 aromatic rings. The molecule has 25 heavy (non-hydrogen) atoms. The Bertz CT molecular complexity index is 874. The Hall–Kier alpha value is -2.39. The van der Waals surface area contributed by atoms with Crippen LogP contribution in [0.25, 0.3) is 0 Å². The summed E-state index contributed by atoms with van der Waals surface area (Å²) in [5, 5.41) is 4.07. The van der Waals surface area contributed by atoms with E-state index in [1.54, 1.807) is 31.0 Å². The lowest BCUT2D eigenvalue weighted by Gasteiger charge is -2.19. The fourth-order valence-electron chi connectivity index (χ4n) is 2.33. The zero-order valence-corrected chi connectivity index (χ0v) is 15.7. The molecule has 9 heteroatoms. The third-order valence-corrected chi connectivity index (χ3v) is 5.53. The van der Waals surface area contributed by atoms with Gasteiger partial charge in [-0.05, 0) is 18.2 Å². The third kappa shape index (κ3) is 3.99. The van der Waals surface area contributed by atoms with Crippen molar-refractivity contribution in [3.8, 4) is 5.75 Å². The van der Waals surface area contributed by atoms with Crippen molar-refractivity contribution in [2.75, 3.05) is 28.3 Å². The van der Waals surface area contributed by atoms with E-state index >= 15 is 0 Å². The molecule has 2 rings (SSSR count). The third-order valence-electron chi connectivity index (χ3n) is 3.69. The molecule has 0 fully saturated rings. The van der Waals surface area contributed by atoms with Crippen LogP contribution in [0.5, 0.6) is 5.75 Å². The van der Waals surface area contributed by atoms with Gasteiger partial charge < -0.3 is 9.64 Å². The van der Waals surface area contributed by atoms with Crippen LogP contribution in [0.15, 0.2) is 35.5 Å². The molecule has 1 aromatic carbocycles. The van der Waals surface area contributed by atoms with Crippen LogP contribution in [0.4, 0.5) is 0 Å². The molecule has 0 bridgehead atoms. The molecular formula is C16H22N4O4S. The van der Waals surface area contributed by atoms with E-state index in [4.69, 9.17) is 4.74 Å². The first-order valence-electron chi connectivity index (χ1n) is 7.50. The van der Waals surface area contributed by atoms with Gasteiger partial charge in [0.2, 0.25) is 10.0 Å². The minimum absolute atomic E-state index is 0.0411. The molecule has 0 aliphatic carbocycles. The molecule has 8 nitrogen and oxygen atoms in total. The summed E-state index contributed by atoms with van der Waals surface area (Å²) in [7, 11) is 3.96. The maximum atomic E-state index is 12.7. The van der Waals surface area contributed by atoms with Gasteiger partial charge >= 0.3 is 0 Å². The van der Waals surface area contributed by atoms with Crippen molar-refractivity contribution >= 4 is 15.9 Å². The van der Waals surface area contributed by atoms with Gasteiger partial charge in [0.25, 0.3) is 5.91 Å². The van der Waals surface area contributed by atoms with Crippen LogP contribution in [0.3, 0.4) is 0 Å². The largest absolute Gasteiger partial charge is 0.495 e. The number of benzene rings is 1. The van der Waals surface area contributed by atoms with Crippen molar-refractivity contribution in [1.29, 1.82) is 0 Å². The van der Waals surface area contributed by atoms with Gasteiger partial charge in [-0.2, -0.15) is 5.10 Å². The number of amides is 1. The van der Waals surface area contributed by atoms with Gasteiger partial charge in [-0.15, -0.1) is 0 Å². The Morgan fingerprint density at radius 2 is 1.96 bits per heavy atom. The van der Waals surface area contributed by atoms with Gasteiger partial charge in [-0.3, -0.25) is 9.48 Å². The highest BCUT2D eigenvalue weighted by molar-refractivity contribution is 7.89. The van der Waals surface area contributed by atoms with Crippen LogP contribution in [0.2, 0.25) is 0 Å². The fraction of sp³-hybridized carbons (Fsp3) is 0.375. The summed E-state index contributed by atoms with van der Waals surface area (Å²) in [6.45, 7) is 0.370. The van der Waals surface area contributed by atoms with Gasteiger partial charge in [0.15, 0.2) is 0 Å². The van der Waals surface area contributed by atoms with Crippen molar-refractivity contribution in [2.45, 2.75) is 11.4 Å². The number of aromatic nitrogens is 2. The summed E-state index contributed by atoms with van der Waals surface area (Å²) < 4.78 is 32.8. The first-order chi connectivity index (χ1) is 11.7. The van der Waals surface area contributed by atoms with Crippen molar-refractivity contribution in [3.05, 3.63) is 41.7 Å². The number of methoxy groups -OCH3 is 1. The summed E-state index contributed by atoms with van der Waals surface area (Å²) in [6.07, 6.45) is 3.50. The summed E-state index contributed by atoms with van der Waals surface area (Å²) in [6, 6.07) is 4.38. The molecule has 1 amide bonds. The minimum atomic E-state index is -3.73. The Kier molecular flexibility index (Phi) is 5.48. The van der Waals surface area contributed by atoms with Gasteiger partial charge in [-0.1, -0.05) is 0 Å². The molecule has 1 heterocycles. The van der Waals surface area contributed by atoms with E-state index in [9.17, 15) is 13.2 Å². The fourth-order valence-corrected chi connectivity index (χ4v) is 3.40. The van der Waals surface area contributed by atoms with Gasteiger partial charge in [-0.25, -0.2) is 12.7 Å². The maximum Gasteiger partial charge on any atom is 0.253 e. The molecule has 0 saturated heterocycles. The van der Waals surface area contributed by atoms with Crippen LogP contribution in [-0.2, 0) is 23.6 Å². The summed E-state index contributed by atoms with van der Waals surface area (Å²) in [5.74, 6) is -0.0955. The van der Waals surface area contributed by atoms with Crippen molar-refractivity contribution < 1.29 is 17.9 Å². The summed E-state index contributed by atoms with van der Waals surface area (Å²) >= 11 is 0. The predicted octanol–water partition coefficient (Wildman–Crippen LogP) is 0.951. The second-order valence-electron chi connectivity index (χ2n) is 5.84. The van der Waals surface area contributed by atoms with Crippen molar-refractivity contribution in [3.63, 3.8) is 0 Å². The van der Waals surface area contributed by atoms with Crippen LogP contribution < -0.4 is 4.74 Å². The molecule has 0 radical (unpaired) electrons. The Labute approximate surface area is 147 Å². The SMILES string of the molecule is COc1ccc(C(=O)N(C)Cc2cnn(C)c2)cc1S(=O)(=O)N(C)C. The maximum absolute atomic E-state index is 12.7. The summed E-state index contributed by atoms with van der Waals surface area (Å²) in [4.78, 5) is 14.1. The van der Waals surface area contributed by atoms with Crippen LogP contribution >= 0.6 is 0 Å². The molecule has 1 aromatic heterocycles. The van der Waals surface area contributed by atoms with E-state index < -0.39 is 10.0 Å². The molecule has 0 saturated carbocycles. The average molecular weight is 366 g/mol. The van der Waals surface area contributed by atoms with E-state index in [-0.39, 0.29) is 22.1 Å². The Morgan fingerprint density at radius 1 is 1.28 bits per heavy atom. The van der Waals surface area contributed by atoms with E-state index in [1.165, 1.54) is 38.2 Å². The number of ether oxygens (including phenoxy) is 1. The lowest BCUT2D eigenvalue weighted by atomic mass is 10.2. The first-order valence-corrected chi connectivity index (χ1v) is 8.94. The van der Waals surface area contributed by atoms with Crippen LogP contribution in [-0.4, -0.2) is 61.6 Å². The number of nitrogens with zero attached hydrogens (tertiary/aromatic N) is 4. The van der Waals surface area contributed by atoms with Crippen molar-refractivity contribution in [2.24, 2.45) is 7.05 Å². The normalized spacial score (nSPS) is 11.6. The van der Waals surface area contributed by atoms with Gasteiger partial charge in [0.1, 0.15) is 10.6 Å². The minimum Gasteiger partial charge on any atom is -0.495 e. The predicted molar refractivity (Wildman–Crippen MR) is 92.9 cm³/mol. The lowest BCUT2D eigenvalue weighted by Crippen LogP contribution is -2.27. The second kappa shape index (κ2) is 7.24. The molecule has 0 aliphatic rings. The number of hydrogen-bond acceptors (Lipinski definition) is 5. The highest BCUT2D eigenvalue weighted by Gasteiger charge is 2.24. The van der Waals surface area contributed by atoms with Crippen molar-refractivity contribution in [1.82, 2.24) is 19.0 Å². The number of sulfonamides is 1. The molecule has 0 N–H and O–H groups in total. The molecule has 0 spiro atoms. The molecule has 0 aliphatic heterocycles. The van der Waals surface area contributed by atoms with Gasteiger partial charge in [0, 0.05) is 52.1 Å². The number of hydrogen-bond donors (Lipinski definition) is 0. The Morgan fingerprint density at radius 3 is 2.48 bits per heavy atom. The molecule has 136 valence electrons. The van der Waals surface area contributed by atoms with Crippen LogP contribution in [0, 0.1) is 0 Å². The Balaban J connectivity index is 2.34. The first kappa shape index (κ1) is 18.9.